The van der Waals surface area contributed by atoms with E-state index in [0.717, 1.165) is 50.1 Å². The number of hydrogen-bond donors (Lipinski definition) is 1. The van der Waals surface area contributed by atoms with Crippen molar-refractivity contribution in [1.29, 1.82) is 0 Å². The third-order valence-electron chi connectivity index (χ3n) is 5.48. The summed E-state index contributed by atoms with van der Waals surface area (Å²) in [5, 5.41) is 7.05. The number of likely N-dealkylation sites (tertiary alicyclic amines) is 1. The lowest BCUT2D eigenvalue weighted by atomic mass is 10.0. The molecule has 4 rings (SSSR count). The highest BCUT2D eigenvalue weighted by atomic mass is 16.5. The molecule has 29 heavy (non-hydrogen) atoms. The van der Waals surface area contributed by atoms with Crippen molar-refractivity contribution in [2.75, 3.05) is 20.2 Å². The molecule has 1 aliphatic heterocycles. The molecule has 0 atom stereocenters. The number of rotatable bonds is 7. The number of benzene rings is 1. The number of aryl methyl sites for hydroxylation is 1. The second-order valence-electron chi connectivity index (χ2n) is 7.68. The van der Waals surface area contributed by atoms with Gasteiger partial charge in [-0.2, -0.15) is 4.98 Å². The van der Waals surface area contributed by atoms with Crippen molar-refractivity contribution in [2.24, 2.45) is 5.92 Å². The van der Waals surface area contributed by atoms with Gasteiger partial charge in [0.25, 0.3) is 0 Å². The predicted molar refractivity (Wildman–Crippen MR) is 105 cm³/mol. The number of nitrogens with one attached hydrogen (secondary N) is 1. The summed E-state index contributed by atoms with van der Waals surface area (Å²) in [6.45, 7) is 1.46. The number of nitrogens with zero attached hydrogens (tertiary/aromatic N) is 3. The first-order chi connectivity index (χ1) is 14.1. The Balaban J connectivity index is 1.21. The molecule has 8 heteroatoms. The Labute approximate surface area is 169 Å². The van der Waals surface area contributed by atoms with Crippen molar-refractivity contribution >= 4 is 11.8 Å². The lowest BCUT2D eigenvalue weighted by Crippen LogP contribution is -2.47. The Morgan fingerprint density at radius 2 is 1.90 bits per heavy atom. The fourth-order valence-electron chi connectivity index (χ4n) is 3.57. The van der Waals surface area contributed by atoms with Gasteiger partial charge in [0.1, 0.15) is 5.75 Å². The SMILES string of the molecule is COc1ccc(-c2noc(CCC(=O)NC3CCN(C(=O)C4CC4)CC3)n2)cc1. The number of amides is 2. The average Bonchev–Trinajstić information content (AvgIpc) is 3.50. The first-order valence-electron chi connectivity index (χ1n) is 10.2. The van der Waals surface area contributed by atoms with Crippen molar-refractivity contribution in [3.63, 3.8) is 0 Å². The number of piperidine rings is 1. The molecule has 8 nitrogen and oxygen atoms in total. The summed E-state index contributed by atoms with van der Waals surface area (Å²) < 4.78 is 10.4. The zero-order valence-electron chi connectivity index (χ0n) is 16.6. The fourth-order valence-corrected chi connectivity index (χ4v) is 3.57. The zero-order valence-corrected chi connectivity index (χ0v) is 16.6. The largest absolute Gasteiger partial charge is 0.497 e. The van der Waals surface area contributed by atoms with Gasteiger partial charge in [0.15, 0.2) is 0 Å². The molecule has 1 aromatic heterocycles. The van der Waals surface area contributed by atoms with Gasteiger partial charge in [0.2, 0.25) is 23.5 Å². The van der Waals surface area contributed by atoms with Gasteiger partial charge < -0.3 is 19.5 Å². The number of aromatic nitrogens is 2. The minimum atomic E-state index is -0.0267. The number of methoxy groups -OCH3 is 1. The molecule has 1 saturated carbocycles. The van der Waals surface area contributed by atoms with Crippen molar-refractivity contribution in [2.45, 2.75) is 44.6 Å². The van der Waals surface area contributed by atoms with Crippen molar-refractivity contribution < 1.29 is 18.8 Å². The van der Waals surface area contributed by atoms with E-state index in [1.807, 2.05) is 29.2 Å². The summed E-state index contributed by atoms with van der Waals surface area (Å²) in [5.41, 5.74) is 0.831. The molecule has 1 saturated heterocycles. The van der Waals surface area contributed by atoms with Gasteiger partial charge in [-0.1, -0.05) is 5.16 Å². The van der Waals surface area contributed by atoms with Crippen LogP contribution in [0.4, 0.5) is 0 Å². The number of carbonyl (C=O) groups is 2. The van der Waals surface area contributed by atoms with Crippen LogP contribution in [0, 0.1) is 5.92 Å². The Hall–Kier alpha value is -2.90. The highest BCUT2D eigenvalue weighted by Gasteiger charge is 2.35. The van der Waals surface area contributed by atoms with Gasteiger partial charge in [0, 0.05) is 43.5 Å². The van der Waals surface area contributed by atoms with Crippen LogP contribution in [0.1, 0.15) is 38.0 Å². The van der Waals surface area contributed by atoms with Crippen LogP contribution in [0.5, 0.6) is 5.75 Å². The van der Waals surface area contributed by atoms with Crippen LogP contribution in [0.3, 0.4) is 0 Å². The number of ether oxygens (including phenoxy) is 1. The van der Waals surface area contributed by atoms with Gasteiger partial charge in [-0.25, -0.2) is 0 Å². The Morgan fingerprint density at radius 1 is 1.17 bits per heavy atom. The molecule has 0 bridgehead atoms. The van der Waals surface area contributed by atoms with Crippen LogP contribution in [0.2, 0.25) is 0 Å². The van der Waals surface area contributed by atoms with Crippen LogP contribution in [0.25, 0.3) is 11.4 Å². The van der Waals surface area contributed by atoms with E-state index < -0.39 is 0 Å². The molecule has 0 unspecified atom stereocenters. The molecular formula is C21H26N4O4. The normalized spacial score (nSPS) is 17.2. The maximum absolute atomic E-state index is 12.3. The molecule has 0 radical (unpaired) electrons. The standard InChI is InChI=1S/C21H26N4O4/c1-28-17-6-4-14(5-7-17)20-23-19(29-24-20)9-8-18(26)22-16-10-12-25(13-11-16)21(27)15-2-3-15/h4-7,15-16H,2-3,8-13H2,1H3,(H,22,26). The minimum absolute atomic E-state index is 0.0267. The fraction of sp³-hybridized carbons (Fsp3) is 0.524. The molecule has 0 spiro atoms. The van der Waals surface area contributed by atoms with Crippen LogP contribution < -0.4 is 10.1 Å². The zero-order chi connectivity index (χ0) is 20.2. The molecule has 154 valence electrons. The molecule has 1 aliphatic carbocycles. The predicted octanol–water partition coefficient (Wildman–Crippen LogP) is 2.19. The Bertz CT molecular complexity index is 852. The van der Waals surface area contributed by atoms with Gasteiger partial charge >= 0.3 is 0 Å². The minimum Gasteiger partial charge on any atom is -0.497 e. The lowest BCUT2D eigenvalue weighted by Gasteiger charge is -2.32. The number of carbonyl (C=O) groups excluding carboxylic acids is 2. The molecule has 1 aromatic carbocycles. The van der Waals surface area contributed by atoms with Crippen LogP contribution in [0.15, 0.2) is 28.8 Å². The maximum Gasteiger partial charge on any atom is 0.227 e. The van der Waals surface area contributed by atoms with Gasteiger partial charge in [-0.3, -0.25) is 9.59 Å². The van der Waals surface area contributed by atoms with E-state index in [2.05, 4.69) is 15.5 Å². The topological polar surface area (TPSA) is 97.6 Å². The number of hydrogen-bond acceptors (Lipinski definition) is 6. The summed E-state index contributed by atoms with van der Waals surface area (Å²) in [6, 6.07) is 7.52. The molecule has 1 N–H and O–H groups in total. The first-order valence-corrected chi connectivity index (χ1v) is 10.2. The van der Waals surface area contributed by atoms with E-state index in [1.54, 1.807) is 7.11 Å². The van der Waals surface area contributed by atoms with Gasteiger partial charge in [0.05, 0.1) is 7.11 Å². The Morgan fingerprint density at radius 3 is 2.55 bits per heavy atom. The van der Waals surface area contributed by atoms with Crippen molar-refractivity contribution in [3.8, 4) is 17.1 Å². The second kappa shape index (κ2) is 8.63. The Kier molecular flexibility index (Phi) is 5.78. The van der Waals surface area contributed by atoms with Gasteiger partial charge in [-0.15, -0.1) is 0 Å². The molecule has 2 aromatic rings. The van der Waals surface area contributed by atoms with E-state index in [4.69, 9.17) is 9.26 Å². The maximum atomic E-state index is 12.3. The van der Waals surface area contributed by atoms with Crippen LogP contribution in [-0.2, 0) is 16.0 Å². The summed E-state index contributed by atoms with van der Waals surface area (Å²) >= 11 is 0. The smallest absolute Gasteiger partial charge is 0.227 e. The summed E-state index contributed by atoms with van der Waals surface area (Å²) in [5.74, 6) is 2.22. The lowest BCUT2D eigenvalue weighted by molar-refractivity contribution is -0.133. The monoisotopic (exact) mass is 398 g/mol. The van der Waals surface area contributed by atoms with E-state index in [-0.39, 0.29) is 17.9 Å². The molecular weight excluding hydrogens is 372 g/mol. The van der Waals surface area contributed by atoms with Crippen molar-refractivity contribution in [1.82, 2.24) is 20.4 Å². The average molecular weight is 398 g/mol. The van der Waals surface area contributed by atoms with Crippen LogP contribution in [-0.4, -0.2) is 53.1 Å². The molecule has 2 heterocycles. The third kappa shape index (κ3) is 4.93. The molecule has 2 aliphatic rings. The summed E-state index contributed by atoms with van der Waals surface area (Å²) in [4.78, 5) is 30.7. The van der Waals surface area contributed by atoms with Crippen LogP contribution >= 0.6 is 0 Å². The molecule has 2 amide bonds. The molecule has 2 fully saturated rings. The highest BCUT2D eigenvalue weighted by molar-refractivity contribution is 5.81. The first kappa shape index (κ1) is 19.4. The summed E-state index contributed by atoms with van der Waals surface area (Å²) in [6.07, 6.45) is 4.38. The highest BCUT2D eigenvalue weighted by Crippen LogP contribution is 2.31. The van der Waals surface area contributed by atoms with E-state index in [0.29, 0.717) is 30.5 Å². The van der Waals surface area contributed by atoms with E-state index in [1.165, 1.54) is 0 Å². The van der Waals surface area contributed by atoms with E-state index in [9.17, 15) is 9.59 Å². The summed E-state index contributed by atoms with van der Waals surface area (Å²) in [7, 11) is 1.61. The van der Waals surface area contributed by atoms with Gasteiger partial charge in [-0.05, 0) is 49.9 Å². The van der Waals surface area contributed by atoms with Crippen molar-refractivity contribution in [3.05, 3.63) is 30.2 Å². The van der Waals surface area contributed by atoms with E-state index >= 15 is 0 Å². The second-order valence-corrected chi connectivity index (χ2v) is 7.68. The third-order valence-corrected chi connectivity index (χ3v) is 5.48. The quantitative estimate of drug-likeness (QED) is 0.768.